The molecule has 0 unspecified atom stereocenters. The largest absolute Gasteiger partial charge is 0.395 e. The highest BCUT2D eigenvalue weighted by Gasteiger charge is 2.16. The summed E-state index contributed by atoms with van der Waals surface area (Å²) in [5.74, 6) is -2.45. The average molecular weight is 289 g/mol. The van der Waals surface area contributed by atoms with Crippen LogP contribution < -0.4 is 22.1 Å². The van der Waals surface area contributed by atoms with Crippen LogP contribution in [0.5, 0.6) is 0 Å². The van der Waals surface area contributed by atoms with Crippen molar-refractivity contribution in [2.24, 2.45) is 11.5 Å². The Morgan fingerprint density at radius 3 is 1.90 bits per heavy atom. The predicted molar refractivity (Wildman–Crippen MR) is 67.9 cm³/mol. The lowest BCUT2D eigenvalue weighted by atomic mass is 10.4. The van der Waals surface area contributed by atoms with Gasteiger partial charge in [0.2, 0.25) is 23.6 Å². The molecule has 0 rings (SSSR count). The zero-order valence-corrected chi connectivity index (χ0v) is 10.9. The van der Waals surface area contributed by atoms with Crippen molar-refractivity contribution in [1.29, 1.82) is 0 Å². The third-order valence-electron chi connectivity index (χ3n) is 2.01. The Hall–Kier alpha value is -2.20. The lowest BCUT2D eigenvalue weighted by molar-refractivity contribution is -0.128. The second-order valence-corrected chi connectivity index (χ2v) is 3.93. The molecule has 114 valence electrons. The van der Waals surface area contributed by atoms with Crippen molar-refractivity contribution in [2.45, 2.75) is 0 Å². The molecular formula is C10H19N5O5. The minimum atomic E-state index is -0.708. The highest BCUT2D eigenvalue weighted by molar-refractivity contribution is 5.86. The number of nitrogens with two attached hydrogens (primary N) is 2. The summed E-state index contributed by atoms with van der Waals surface area (Å²) in [4.78, 5) is 45.4. The number of aliphatic hydroxyl groups excluding tert-OH is 1. The Bertz CT molecular complexity index is 373. The Morgan fingerprint density at radius 1 is 0.900 bits per heavy atom. The number of carbonyl (C=O) groups excluding carboxylic acids is 4. The number of hydrogen-bond acceptors (Lipinski definition) is 6. The van der Waals surface area contributed by atoms with Crippen LogP contribution in [0.4, 0.5) is 0 Å². The van der Waals surface area contributed by atoms with Crippen molar-refractivity contribution in [3.05, 3.63) is 0 Å². The van der Waals surface area contributed by atoms with Crippen LogP contribution in [0.2, 0.25) is 0 Å². The Labute approximate surface area is 115 Å². The number of hydrogen-bond donors (Lipinski definition) is 5. The third-order valence-corrected chi connectivity index (χ3v) is 2.01. The molecule has 0 bridgehead atoms. The van der Waals surface area contributed by atoms with Crippen LogP contribution in [0.15, 0.2) is 0 Å². The van der Waals surface area contributed by atoms with E-state index >= 15 is 0 Å². The van der Waals surface area contributed by atoms with Crippen LogP contribution in [0.3, 0.4) is 0 Å². The van der Waals surface area contributed by atoms with Crippen LogP contribution in [-0.4, -0.2) is 73.0 Å². The van der Waals surface area contributed by atoms with Crippen LogP contribution in [0.1, 0.15) is 0 Å². The number of amides is 4. The summed E-state index contributed by atoms with van der Waals surface area (Å²) in [6, 6.07) is 0. The molecule has 0 atom stereocenters. The van der Waals surface area contributed by atoms with Crippen LogP contribution in [-0.2, 0) is 19.2 Å². The van der Waals surface area contributed by atoms with E-state index in [0.717, 1.165) is 0 Å². The van der Waals surface area contributed by atoms with Gasteiger partial charge in [0.15, 0.2) is 0 Å². The second kappa shape index (κ2) is 9.69. The first kappa shape index (κ1) is 17.8. The lowest BCUT2D eigenvalue weighted by Crippen LogP contribution is -2.47. The summed E-state index contributed by atoms with van der Waals surface area (Å²) < 4.78 is 0. The van der Waals surface area contributed by atoms with Crippen LogP contribution in [0, 0.1) is 0 Å². The number of nitrogens with one attached hydrogen (secondary N) is 2. The quantitative estimate of drug-likeness (QED) is 0.271. The van der Waals surface area contributed by atoms with Gasteiger partial charge in [0.1, 0.15) is 0 Å². The molecule has 0 aliphatic heterocycles. The van der Waals surface area contributed by atoms with E-state index in [4.69, 9.17) is 16.6 Å². The fraction of sp³-hybridized carbons (Fsp3) is 0.600. The smallest absolute Gasteiger partial charge is 0.236 e. The van der Waals surface area contributed by atoms with Gasteiger partial charge in [-0.25, -0.2) is 0 Å². The molecule has 10 heteroatoms. The van der Waals surface area contributed by atoms with Gasteiger partial charge < -0.3 is 27.2 Å². The van der Waals surface area contributed by atoms with Crippen molar-refractivity contribution in [3.63, 3.8) is 0 Å². The van der Waals surface area contributed by atoms with Gasteiger partial charge in [-0.2, -0.15) is 0 Å². The molecule has 10 nitrogen and oxygen atoms in total. The van der Waals surface area contributed by atoms with Crippen molar-refractivity contribution in [2.75, 3.05) is 39.3 Å². The zero-order valence-electron chi connectivity index (χ0n) is 10.9. The molecule has 4 amide bonds. The van der Waals surface area contributed by atoms with Gasteiger partial charge in [-0.05, 0) is 0 Å². The molecular weight excluding hydrogens is 270 g/mol. The van der Waals surface area contributed by atoms with Gasteiger partial charge in [-0.3, -0.25) is 24.1 Å². The fourth-order valence-electron chi connectivity index (χ4n) is 1.29. The van der Waals surface area contributed by atoms with E-state index in [9.17, 15) is 19.2 Å². The Morgan fingerprint density at radius 2 is 1.45 bits per heavy atom. The molecule has 0 radical (unpaired) electrons. The molecule has 0 saturated heterocycles. The van der Waals surface area contributed by atoms with E-state index in [2.05, 4.69) is 10.6 Å². The summed E-state index contributed by atoms with van der Waals surface area (Å²) in [6.45, 7) is -1.32. The van der Waals surface area contributed by atoms with Gasteiger partial charge in [0.25, 0.3) is 0 Å². The fourth-order valence-corrected chi connectivity index (χ4v) is 1.29. The molecule has 0 aromatic heterocycles. The number of carbonyl (C=O) groups is 4. The molecule has 0 fully saturated rings. The van der Waals surface area contributed by atoms with E-state index < -0.39 is 23.6 Å². The summed E-state index contributed by atoms with van der Waals surface area (Å²) in [5.41, 5.74) is 9.87. The van der Waals surface area contributed by atoms with Gasteiger partial charge in [0, 0.05) is 6.54 Å². The van der Waals surface area contributed by atoms with Gasteiger partial charge in [-0.15, -0.1) is 0 Å². The van der Waals surface area contributed by atoms with Crippen molar-refractivity contribution in [3.8, 4) is 0 Å². The van der Waals surface area contributed by atoms with E-state index in [-0.39, 0.29) is 39.3 Å². The number of rotatable bonds is 10. The summed E-state index contributed by atoms with van der Waals surface area (Å²) in [5, 5.41) is 13.1. The van der Waals surface area contributed by atoms with Gasteiger partial charge >= 0.3 is 0 Å². The number of nitrogens with zero attached hydrogens (tertiary/aromatic N) is 1. The average Bonchev–Trinajstić information content (AvgIpc) is 2.33. The highest BCUT2D eigenvalue weighted by Crippen LogP contribution is 1.88. The molecule has 0 spiro atoms. The van der Waals surface area contributed by atoms with Crippen LogP contribution >= 0.6 is 0 Å². The predicted octanol–water partition coefficient (Wildman–Crippen LogP) is -4.52. The van der Waals surface area contributed by atoms with Crippen LogP contribution in [0.25, 0.3) is 0 Å². The van der Waals surface area contributed by atoms with Crippen molar-refractivity contribution < 1.29 is 24.3 Å². The first-order valence-corrected chi connectivity index (χ1v) is 5.78. The maximum atomic E-state index is 11.5. The Balaban J connectivity index is 4.33. The minimum Gasteiger partial charge on any atom is -0.395 e. The lowest BCUT2D eigenvalue weighted by Gasteiger charge is -2.19. The van der Waals surface area contributed by atoms with E-state index in [0.29, 0.717) is 0 Å². The molecule has 7 N–H and O–H groups in total. The van der Waals surface area contributed by atoms with Crippen molar-refractivity contribution in [1.82, 2.24) is 15.5 Å². The van der Waals surface area contributed by atoms with Gasteiger partial charge in [0.05, 0.1) is 32.8 Å². The van der Waals surface area contributed by atoms with E-state index in [1.165, 1.54) is 4.90 Å². The Kier molecular flexibility index (Phi) is 8.63. The topological polar surface area (TPSA) is 168 Å². The maximum Gasteiger partial charge on any atom is 0.236 e. The second-order valence-electron chi connectivity index (χ2n) is 3.93. The molecule has 0 heterocycles. The highest BCUT2D eigenvalue weighted by atomic mass is 16.3. The zero-order chi connectivity index (χ0) is 15.5. The van der Waals surface area contributed by atoms with E-state index in [1.54, 1.807) is 0 Å². The van der Waals surface area contributed by atoms with Gasteiger partial charge in [-0.1, -0.05) is 0 Å². The third kappa shape index (κ3) is 9.79. The SMILES string of the molecule is NC(=O)CNC(=O)CN(CC(N)=O)CC(=O)NCCO. The molecule has 0 saturated carbocycles. The first-order valence-electron chi connectivity index (χ1n) is 5.78. The molecule has 0 aromatic rings. The molecule has 20 heavy (non-hydrogen) atoms. The minimum absolute atomic E-state index is 0.0666. The molecule has 0 aromatic carbocycles. The summed E-state index contributed by atoms with van der Waals surface area (Å²) in [6.07, 6.45) is 0. The standard InChI is InChI=1S/C10H19N5O5/c11-7(17)3-14-10(20)6-15(4-8(12)18)5-9(19)13-1-2-16/h16H,1-6H2,(H2,11,17)(H2,12,18)(H,13,19)(H,14,20). The maximum absolute atomic E-state index is 11.5. The molecule has 0 aliphatic carbocycles. The van der Waals surface area contributed by atoms with Crippen molar-refractivity contribution >= 4 is 23.6 Å². The monoisotopic (exact) mass is 289 g/mol. The summed E-state index contributed by atoms with van der Waals surface area (Å²) >= 11 is 0. The normalized spacial score (nSPS) is 10.1. The molecule has 0 aliphatic rings. The summed E-state index contributed by atoms with van der Waals surface area (Å²) in [7, 11) is 0. The van der Waals surface area contributed by atoms with E-state index in [1.807, 2.05) is 0 Å². The number of aliphatic hydroxyl groups is 1. The number of primary amides is 2. The first-order chi connectivity index (χ1) is 9.35.